The first-order valence-corrected chi connectivity index (χ1v) is 6.65. The van der Waals surface area contributed by atoms with Crippen LogP contribution in [-0.4, -0.2) is 40.8 Å². The van der Waals surface area contributed by atoms with Crippen molar-refractivity contribution in [3.8, 4) is 0 Å². The Balaban J connectivity index is 2.38. The lowest BCUT2D eigenvalue weighted by Crippen LogP contribution is -2.47. The van der Waals surface area contributed by atoms with E-state index in [1.807, 2.05) is 11.8 Å². The molecule has 0 aliphatic carbocycles. The maximum absolute atomic E-state index is 11.2. The molecule has 0 bridgehead atoms. The summed E-state index contributed by atoms with van der Waals surface area (Å²) in [6.07, 6.45) is 1.51. The highest BCUT2D eigenvalue weighted by molar-refractivity contribution is 7.99. The molecule has 14 heavy (non-hydrogen) atoms. The predicted molar refractivity (Wildman–Crippen MR) is 62.9 cm³/mol. The number of carbonyl (C=O) groups is 1. The van der Waals surface area contributed by atoms with Crippen LogP contribution in [0.1, 0.15) is 33.6 Å². The van der Waals surface area contributed by atoms with Crippen molar-refractivity contribution in [2.45, 2.75) is 45.7 Å². The number of likely N-dealkylation sites (tertiary alicyclic amines) is 1. The van der Waals surface area contributed by atoms with Crippen LogP contribution >= 0.6 is 11.8 Å². The van der Waals surface area contributed by atoms with Crippen LogP contribution in [0.25, 0.3) is 0 Å². The summed E-state index contributed by atoms with van der Waals surface area (Å²) in [6.45, 7) is 7.60. The standard InChI is InChI=1S/C11H21NOS/c1-4-14-8-10(3)12-6-5-11(13)7-9(12)2/h9-10H,4-8H2,1-3H3. The van der Waals surface area contributed by atoms with Gasteiger partial charge in [0.15, 0.2) is 0 Å². The van der Waals surface area contributed by atoms with Crippen molar-refractivity contribution in [3.63, 3.8) is 0 Å². The fraction of sp³-hybridized carbons (Fsp3) is 0.909. The minimum atomic E-state index is 0.434. The molecule has 1 aliphatic heterocycles. The second kappa shape index (κ2) is 5.76. The van der Waals surface area contributed by atoms with Crippen molar-refractivity contribution in [1.29, 1.82) is 0 Å². The lowest BCUT2D eigenvalue weighted by molar-refractivity contribution is -0.123. The highest BCUT2D eigenvalue weighted by Crippen LogP contribution is 2.19. The fourth-order valence-corrected chi connectivity index (χ4v) is 2.83. The highest BCUT2D eigenvalue weighted by atomic mass is 32.2. The summed E-state index contributed by atoms with van der Waals surface area (Å²) >= 11 is 1.99. The third kappa shape index (κ3) is 3.28. The molecule has 0 aromatic carbocycles. The van der Waals surface area contributed by atoms with Gasteiger partial charge in [0.1, 0.15) is 5.78 Å². The van der Waals surface area contributed by atoms with Gasteiger partial charge in [-0.25, -0.2) is 0 Å². The number of hydrogen-bond acceptors (Lipinski definition) is 3. The molecule has 1 saturated heterocycles. The zero-order chi connectivity index (χ0) is 10.6. The molecule has 0 saturated carbocycles. The summed E-state index contributed by atoms with van der Waals surface area (Å²) in [5, 5.41) is 0. The molecule has 0 N–H and O–H groups in total. The number of hydrogen-bond donors (Lipinski definition) is 0. The fourth-order valence-electron chi connectivity index (χ4n) is 2.06. The Morgan fingerprint density at radius 2 is 2.36 bits per heavy atom. The van der Waals surface area contributed by atoms with Crippen LogP contribution in [0.4, 0.5) is 0 Å². The number of Topliss-reactive ketones (excluding diaryl/α,β-unsaturated/α-hetero) is 1. The van der Waals surface area contributed by atoms with E-state index in [1.165, 1.54) is 11.5 Å². The highest BCUT2D eigenvalue weighted by Gasteiger charge is 2.26. The van der Waals surface area contributed by atoms with E-state index in [0.717, 1.165) is 19.4 Å². The lowest BCUT2D eigenvalue weighted by atomic mass is 10.0. The molecular weight excluding hydrogens is 194 g/mol. The number of nitrogens with zero attached hydrogens (tertiary/aromatic N) is 1. The maximum Gasteiger partial charge on any atom is 0.135 e. The summed E-state index contributed by atoms with van der Waals surface area (Å²) in [5.74, 6) is 2.81. The topological polar surface area (TPSA) is 20.3 Å². The first kappa shape index (κ1) is 12.1. The second-order valence-corrected chi connectivity index (χ2v) is 5.41. The Morgan fingerprint density at radius 1 is 1.64 bits per heavy atom. The number of rotatable bonds is 4. The van der Waals surface area contributed by atoms with Gasteiger partial charge >= 0.3 is 0 Å². The van der Waals surface area contributed by atoms with Crippen molar-refractivity contribution >= 4 is 17.5 Å². The summed E-state index contributed by atoms with van der Waals surface area (Å²) in [4.78, 5) is 13.7. The average molecular weight is 215 g/mol. The number of carbonyl (C=O) groups excluding carboxylic acids is 1. The third-order valence-corrected chi connectivity index (χ3v) is 3.99. The first-order valence-electron chi connectivity index (χ1n) is 5.50. The quantitative estimate of drug-likeness (QED) is 0.717. The van der Waals surface area contributed by atoms with Crippen molar-refractivity contribution in [1.82, 2.24) is 4.90 Å². The van der Waals surface area contributed by atoms with Gasteiger partial charge in [0.25, 0.3) is 0 Å². The minimum Gasteiger partial charge on any atom is -0.300 e. The van der Waals surface area contributed by atoms with E-state index in [2.05, 4.69) is 25.7 Å². The number of piperidine rings is 1. The normalized spacial score (nSPS) is 26.5. The van der Waals surface area contributed by atoms with Gasteiger partial charge in [0.05, 0.1) is 0 Å². The zero-order valence-corrected chi connectivity index (χ0v) is 10.3. The Hall–Kier alpha value is -0.0200. The molecule has 2 unspecified atom stereocenters. The predicted octanol–water partition coefficient (Wildman–Crippen LogP) is 2.18. The average Bonchev–Trinajstić information content (AvgIpc) is 2.14. The summed E-state index contributed by atoms with van der Waals surface area (Å²) < 4.78 is 0. The van der Waals surface area contributed by atoms with E-state index in [9.17, 15) is 4.79 Å². The van der Waals surface area contributed by atoms with Gasteiger partial charge < -0.3 is 0 Å². The van der Waals surface area contributed by atoms with Crippen molar-refractivity contribution in [3.05, 3.63) is 0 Å². The molecule has 3 heteroatoms. The van der Waals surface area contributed by atoms with Crippen LogP contribution in [0.15, 0.2) is 0 Å². The number of thioether (sulfide) groups is 1. The van der Waals surface area contributed by atoms with E-state index in [4.69, 9.17) is 0 Å². The Labute approximate surface area is 91.4 Å². The molecule has 2 nitrogen and oxygen atoms in total. The van der Waals surface area contributed by atoms with E-state index in [-0.39, 0.29) is 0 Å². The van der Waals surface area contributed by atoms with E-state index in [1.54, 1.807) is 0 Å². The molecule has 1 fully saturated rings. The van der Waals surface area contributed by atoms with Crippen LogP contribution in [0.2, 0.25) is 0 Å². The van der Waals surface area contributed by atoms with Gasteiger partial charge in [0.2, 0.25) is 0 Å². The SMILES string of the molecule is CCSCC(C)N1CCC(=O)CC1C. The van der Waals surface area contributed by atoms with Crippen molar-refractivity contribution in [2.24, 2.45) is 0 Å². The molecule has 0 spiro atoms. The van der Waals surface area contributed by atoms with Gasteiger partial charge in [-0.05, 0) is 19.6 Å². The largest absolute Gasteiger partial charge is 0.300 e. The summed E-state index contributed by atoms with van der Waals surface area (Å²) in [5.41, 5.74) is 0. The van der Waals surface area contributed by atoms with Crippen molar-refractivity contribution in [2.75, 3.05) is 18.1 Å². The zero-order valence-electron chi connectivity index (χ0n) is 9.45. The van der Waals surface area contributed by atoms with Crippen molar-refractivity contribution < 1.29 is 4.79 Å². The number of ketones is 1. The van der Waals surface area contributed by atoms with Crippen LogP contribution in [0.5, 0.6) is 0 Å². The molecule has 1 heterocycles. The van der Waals surface area contributed by atoms with Crippen LogP contribution in [0.3, 0.4) is 0 Å². The van der Waals surface area contributed by atoms with Gasteiger partial charge in [0, 0.05) is 37.2 Å². The smallest absolute Gasteiger partial charge is 0.135 e. The molecule has 0 amide bonds. The Bertz CT molecular complexity index is 196. The van der Waals surface area contributed by atoms with Gasteiger partial charge in [-0.3, -0.25) is 9.69 Å². The monoisotopic (exact) mass is 215 g/mol. The molecule has 0 aromatic rings. The van der Waals surface area contributed by atoms with Crippen LogP contribution < -0.4 is 0 Å². The maximum atomic E-state index is 11.2. The van der Waals surface area contributed by atoms with Gasteiger partial charge in [-0.2, -0.15) is 11.8 Å². The summed E-state index contributed by atoms with van der Waals surface area (Å²) in [6, 6.07) is 1.06. The minimum absolute atomic E-state index is 0.434. The molecule has 2 atom stereocenters. The lowest BCUT2D eigenvalue weighted by Gasteiger charge is -2.37. The molecule has 1 aliphatic rings. The van der Waals surface area contributed by atoms with E-state index >= 15 is 0 Å². The molecule has 0 radical (unpaired) electrons. The first-order chi connectivity index (χ1) is 6.65. The molecule has 0 aromatic heterocycles. The Morgan fingerprint density at radius 3 is 2.93 bits per heavy atom. The second-order valence-electron chi connectivity index (χ2n) is 4.09. The van der Waals surface area contributed by atoms with Gasteiger partial charge in [-0.1, -0.05) is 6.92 Å². The Kier molecular flexibility index (Phi) is 4.96. The van der Waals surface area contributed by atoms with Crippen LogP contribution in [0, 0.1) is 0 Å². The summed E-state index contributed by atoms with van der Waals surface area (Å²) in [7, 11) is 0. The molecule has 1 rings (SSSR count). The van der Waals surface area contributed by atoms with Crippen LogP contribution in [-0.2, 0) is 4.79 Å². The molecule has 82 valence electrons. The van der Waals surface area contributed by atoms with E-state index in [0.29, 0.717) is 17.9 Å². The van der Waals surface area contributed by atoms with E-state index < -0.39 is 0 Å². The third-order valence-electron chi connectivity index (χ3n) is 2.87. The molecular formula is C11H21NOS. The van der Waals surface area contributed by atoms with Gasteiger partial charge in [-0.15, -0.1) is 0 Å².